The van der Waals surface area contributed by atoms with E-state index < -0.39 is 29.3 Å². The standard InChI is InChI=1S/C10H12BrFNO5P/c1-3-17-19(16,18-4-2)9-6-7(12)5-8(11)10(9)13(14)15/h5-6H,3-4H2,1-2H3. The molecule has 0 unspecified atom stereocenters. The highest BCUT2D eigenvalue weighted by Crippen LogP contribution is 2.50. The third-order valence-corrected chi connectivity index (χ3v) is 4.82. The van der Waals surface area contributed by atoms with Crippen molar-refractivity contribution in [3.63, 3.8) is 0 Å². The van der Waals surface area contributed by atoms with Gasteiger partial charge in [-0.2, -0.15) is 0 Å². The molecule has 1 rings (SSSR count). The molecule has 0 aliphatic heterocycles. The van der Waals surface area contributed by atoms with E-state index in [0.29, 0.717) is 0 Å². The minimum atomic E-state index is -3.93. The second kappa shape index (κ2) is 6.56. The summed E-state index contributed by atoms with van der Waals surface area (Å²) in [6, 6.07) is 1.72. The third-order valence-electron chi connectivity index (χ3n) is 2.08. The topological polar surface area (TPSA) is 78.7 Å². The summed E-state index contributed by atoms with van der Waals surface area (Å²) in [6.07, 6.45) is 0. The van der Waals surface area contributed by atoms with Crippen LogP contribution in [0.3, 0.4) is 0 Å². The van der Waals surface area contributed by atoms with Gasteiger partial charge in [-0.3, -0.25) is 14.7 Å². The predicted molar refractivity (Wildman–Crippen MR) is 71.2 cm³/mol. The summed E-state index contributed by atoms with van der Waals surface area (Å²) in [5, 5.41) is 10.6. The van der Waals surface area contributed by atoms with E-state index in [0.717, 1.165) is 12.1 Å². The third kappa shape index (κ3) is 3.60. The van der Waals surface area contributed by atoms with Gasteiger partial charge < -0.3 is 9.05 Å². The van der Waals surface area contributed by atoms with Crippen molar-refractivity contribution in [2.75, 3.05) is 13.2 Å². The van der Waals surface area contributed by atoms with Crippen molar-refractivity contribution in [1.82, 2.24) is 0 Å². The van der Waals surface area contributed by atoms with E-state index in [1.165, 1.54) is 0 Å². The molecule has 0 bridgehead atoms. The molecule has 0 N–H and O–H groups in total. The number of hydrogen-bond donors (Lipinski definition) is 0. The average Bonchev–Trinajstić information content (AvgIpc) is 2.27. The van der Waals surface area contributed by atoms with E-state index in [4.69, 9.17) is 9.05 Å². The van der Waals surface area contributed by atoms with E-state index in [-0.39, 0.29) is 17.7 Å². The Hall–Kier alpha value is -0.820. The Morgan fingerprint density at radius 1 is 1.37 bits per heavy atom. The van der Waals surface area contributed by atoms with Gasteiger partial charge in [0.15, 0.2) is 0 Å². The molecule has 0 saturated heterocycles. The maximum Gasteiger partial charge on any atom is 0.368 e. The number of benzene rings is 1. The van der Waals surface area contributed by atoms with Crippen molar-refractivity contribution in [1.29, 1.82) is 0 Å². The zero-order valence-corrected chi connectivity index (χ0v) is 12.7. The minimum absolute atomic E-state index is 0.0164. The predicted octanol–water partition coefficient (Wildman–Crippen LogP) is 3.39. The summed E-state index contributed by atoms with van der Waals surface area (Å²) in [5.41, 5.74) is -0.522. The zero-order valence-electron chi connectivity index (χ0n) is 10.3. The molecule has 0 saturated carbocycles. The van der Waals surface area contributed by atoms with Crippen molar-refractivity contribution >= 4 is 34.5 Å². The van der Waals surface area contributed by atoms with Crippen molar-refractivity contribution < 1.29 is 22.9 Å². The van der Waals surface area contributed by atoms with E-state index in [2.05, 4.69) is 15.9 Å². The van der Waals surface area contributed by atoms with Crippen molar-refractivity contribution in [3.8, 4) is 0 Å². The molecule has 0 fully saturated rings. The largest absolute Gasteiger partial charge is 0.368 e. The Morgan fingerprint density at radius 2 is 1.89 bits per heavy atom. The van der Waals surface area contributed by atoms with Crippen molar-refractivity contribution in [3.05, 3.63) is 32.5 Å². The van der Waals surface area contributed by atoms with Gasteiger partial charge in [0.2, 0.25) is 0 Å². The first-order valence-electron chi connectivity index (χ1n) is 5.38. The Kier molecular flexibility index (Phi) is 5.61. The van der Waals surface area contributed by atoms with Gasteiger partial charge in [-0.15, -0.1) is 0 Å². The number of halogens is 2. The average molecular weight is 356 g/mol. The van der Waals surface area contributed by atoms with Crippen LogP contribution >= 0.6 is 23.5 Å². The Morgan fingerprint density at radius 3 is 2.32 bits per heavy atom. The van der Waals surface area contributed by atoms with Gasteiger partial charge in [0.1, 0.15) is 11.1 Å². The summed E-state index contributed by atoms with van der Waals surface area (Å²) >= 11 is 2.88. The molecular weight excluding hydrogens is 344 g/mol. The molecule has 0 aliphatic rings. The van der Waals surface area contributed by atoms with Crippen LogP contribution in [-0.2, 0) is 13.6 Å². The lowest BCUT2D eigenvalue weighted by atomic mass is 10.3. The van der Waals surface area contributed by atoms with Crippen LogP contribution in [0.4, 0.5) is 10.1 Å². The maximum absolute atomic E-state index is 13.4. The highest BCUT2D eigenvalue weighted by molar-refractivity contribution is 9.10. The first-order chi connectivity index (χ1) is 8.85. The molecule has 9 heteroatoms. The molecular formula is C10H12BrFNO5P. The van der Waals surface area contributed by atoms with Crippen molar-refractivity contribution in [2.24, 2.45) is 0 Å². The lowest BCUT2D eigenvalue weighted by Crippen LogP contribution is -2.16. The summed E-state index contributed by atoms with van der Waals surface area (Å²) in [4.78, 5) is 10.3. The Bertz CT molecular complexity index is 529. The van der Waals surface area contributed by atoms with Gasteiger partial charge in [0, 0.05) is 0 Å². The zero-order chi connectivity index (χ0) is 14.6. The molecule has 0 spiro atoms. The van der Waals surface area contributed by atoms with Gasteiger partial charge in [0.05, 0.1) is 22.6 Å². The van der Waals surface area contributed by atoms with Gasteiger partial charge in [-0.25, -0.2) is 4.39 Å². The fourth-order valence-corrected chi connectivity index (χ4v) is 3.96. The fourth-order valence-electron chi connectivity index (χ4n) is 1.46. The smallest absolute Gasteiger partial charge is 0.305 e. The Labute approximate surface area is 117 Å². The molecule has 0 amide bonds. The summed E-state index contributed by atoms with van der Waals surface area (Å²) < 4.78 is 35.8. The molecule has 1 aromatic rings. The first kappa shape index (κ1) is 16.2. The fraction of sp³-hybridized carbons (Fsp3) is 0.400. The van der Waals surface area contributed by atoms with Gasteiger partial charge >= 0.3 is 7.60 Å². The van der Waals surface area contributed by atoms with Crippen LogP contribution in [0.25, 0.3) is 0 Å². The molecule has 0 radical (unpaired) electrons. The van der Waals surface area contributed by atoms with Crippen LogP contribution in [0.2, 0.25) is 0 Å². The van der Waals surface area contributed by atoms with E-state index in [1.807, 2.05) is 0 Å². The second-order valence-corrected chi connectivity index (χ2v) is 6.19. The van der Waals surface area contributed by atoms with Crippen LogP contribution in [-0.4, -0.2) is 18.1 Å². The normalized spacial score (nSPS) is 11.6. The van der Waals surface area contributed by atoms with E-state index >= 15 is 0 Å². The number of nitrogens with zero attached hydrogens (tertiary/aromatic N) is 1. The number of rotatable bonds is 6. The highest BCUT2D eigenvalue weighted by atomic mass is 79.9. The SMILES string of the molecule is CCOP(=O)(OCC)c1cc(F)cc(Br)c1[N+](=O)[O-]. The Balaban J connectivity index is 3.53. The van der Waals surface area contributed by atoms with Crippen molar-refractivity contribution in [2.45, 2.75) is 13.8 Å². The van der Waals surface area contributed by atoms with E-state index in [1.54, 1.807) is 13.8 Å². The van der Waals surface area contributed by atoms with Crippen LogP contribution < -0.4 is 5.30 Å². The molecule has 19 heavy (non-hydrogen) atoms. The molecule has 106 valence electrons. The van der Waals surface area contributed by atoms with Gasteiger partial charge in [0.25, 0.3) is 5.69 Å². The minimum Gasteiger partial charge on any atom is -0.305 e. The van der Waals surface area contributed by atoms with Crippen LogP contribution in [0.5, 0.6) is 0 Å². The molecule has 0 heterocycles. The van der Waals surface area contributed by atoms with E-state index in [9.17, 15) is 19.1 Å². The first-order valence-corrected chi connectivity index (χ1v) is 7.72. The quantitative estimate of drug-likeness (QED) is 0.444. The van der Waals surface area contributed by atoms with Gasteiger partial charge in [-0.1, -0.05) is 0 Å². The molecule has 0 aromatic heterocycles. The monoisotopic (exact) mass is 355 g/mol. The van der Waals surface area contributed by atoms with Crippen LogP contribution in [0, 0.1) is 15.9 Å². The second-order valence-electron chi connectivity index (χ2n) is 3.35. The molecule has 6 nitrogen and oxygen atoms in total. The summed E-state index contributed by atoms with van der Waals surface area (Å²) in [7, 11) is -3.93. The number of nitro groups is 1. The number of nitro benzene ring substituents is 1. The van der Waals surface area contributed by atoms with Gasteiger partial charge in [-0.05, 0) is 41.9 Å². The van der Waals surface area contributed by atoms with Crippen LogP contribution in [0.15, 0.2) is 16.6 Å². The lowest BCUT2D eigenvalue weighted by molar-refractivity contribution is -0.384. The number of hydrogen-bond acceptors (Lipinski definition) is 5. The molecule has 0 aliphatic carbocycles. The lowest BCUT2D eigenvalue weighted by Gasteiger charge is -2.17. The van der Waals surface area contributed by atoms with Crippen LogP contribution in [0.1, 0.15) is 13.8 Å². The summed E-state index contributed by atoms with van der Waals surface area (Å²) in [6.45, 7) is 3.16. The molecule has 1 aromatic carbocycles. The maximum atomic E-state index is 13.4. The summed E-state index contributed by atoms with van der Waals surface area (Å²) in [5.74, 6) is -0.771. The molecule has 0 atom stereocenters. The highest BCUT2D eigenvalue weighted by Gasteiger charge is 2.37.